The standard InChI is InChI=1S/C19H20N4O2S/c1-3-22-18(16-9-6-10-25-16)20-21-19(22)26-12-17(24)23-13(2)11-14-7-4-5-8-15(14)23/h4-10,13H,3,11-12H2,1-2H3/t13-/m0/s1. The fraction of sp³-hybridized carbons (Fsp3) is 0.316. The summed E-state index contributed by atoms with van der Waals surface area (Å²) in [5, 5.41) is 9.21. The van der Waals surface area contributed by atoms with Crippen molar-refractivity contribution in [3.8, 4) is 11.6 Å². The van der Waals surface area contributed by atoms with Crippen LogP contribution in [0.25, 0.3) is 11.6 Å². The van der Waals surface area contributed by atoms with Crippen LogP contribution in [0.1, 0.15) is 19.4 Å². The van der Waals surface area contributed by atoms with Crippen LogP contribution in [-0.4, -0.2) is 32.5 Å². The van der Waals surface area contributed by atoms with Crippen LogP contribution in [0.3, 0.4) is 0 Å². The molecule has 4 rings (SSSR count). The number of anilines is 1. The maximum atomic E-state index is 12.9. The average molecular weight is 368 g/mol. The van der Waals surface area contributed by atoms with E-state index in [-0.39, 0.29) is 11.9 Å². The SMILES string of the molecule is CCn1c(SCC(=O)N2c3ccccc3C[C@@H]2C)nnc1-c1ccco1. The molecule has 7 heteroatoms. The molecule has 134 valence electrons. The summed E-state index contributed by atoms with van der Waals surface area (Å²) in [6, 6.07) is 12.0. The van der Waals surface area contributed by atoms with Gasteiger partial charge in [-0.3, -0.25) is 9.36 Å². The van der Waals surface area contributed by atoms with Crippen molar-refractivity contribution in [2.45, 2.75) is 38.0 Å². The molecule has 1 amide bonds. The van der Waals surface area contributed by atoms with E-state index in [4.69, 9.17) is 4.42 Å². The Balaban J connectivity index is 1.51. The Hall–Kier alpha value is -2.54. The summed E-state index contributed by atoms with van der Waals surface area (Å²) in [5.41, 5.74) is 2.26. The van der Waals surface area contributed by atoms with Crippen molar-refractivity contribution in [1.29, 1.82) is 0 Å². The van der Waals surface area contributed by atoms with E-state index in [1.807, 2.05) is 46.7 Å². The highest BCUT2D eigenvalue weighted by atomic mass is 32.2. The van der Waals surface area contributed by atoms with Crippen molar-refractivity contribution in [1.82, 2.24) is 14.8 Å². The highest BCUT2D eigenvalue weighted by Crippen LogP contribution is 2.33. The second-order valence-corrected chi connectivity index (χ2v) is 7.20. The predicted octanol–water partition coefficient (Wildman–Crippen LogP) is 3.63. The molecule has 1 aliphatic rings. The predicted molar refractivity (Wildman–Crippen MR) is 101 cm³/mol. The topological polar surface area (TPSA) is 64.2 Å². The number of nitrogens with zero attached hydrogens (tertiary/aromatic N) is 4. The summed E-state index contributed by atoms with van der Waals surface area (Å²) in [6.07, 6.45) is 2.52. The number of aromatic nitrogens is 3. The number of furan rings is 1. The molecule has 0 radical (unpaired) electrons. The number of fused-ring (bicyclic) bond motifs is 1. The van der Waals surface area contributed by atoms with Crippen molar-refractivity contribution >= 4 is 23.4 Å². The molecule has 1 aromatic carbocycles. The molecular formula is C19H20N4O2S. The first-order chi connectivity index (χ1) is 12.7. The van der Waals surface area contributed by atoms with Crippen LogP contribution >= 0.6 is 11.8 Å². The number of para-hydroxylation sites is 1. The molecular weight excluding hydrogens is 348 g/mol. The zero-order chi connectivity index (χ0) is 18.1. The molecule has 0 fully saturated rings. The molecule has 0 bridgehead atoms. The molecule has 1 aliphatic heterocycles. The summed E-state index contributed by atoms with van der Waals surface area (Å²) in [6.45, 7) is 4.83. The van der Waals surface area contributed by atoms with Crippen LogP contribution in [-0.2, 0) is 17.8 Å². The maximum Gasteiger partial charge on any atom is 0.237 e. The minimum Gasteiger partial charge on any atom is -0.461 e. The summed E-state index contributed by atoms with van der Waals surface area (Å²) >= 11 is 1.42. The second kappa shape index (κ2) is 6.99. The zero-order valence-corrected chi connectivity index (χ0v) is 15.6. The third-order valence-electron chi connectivity index (χ3n) is 4.58. The Morgan fingerprint density at radius 3 is 2.88 bits per heavy atom. The van der Waals surface area contributed by atoms with Crippen LogP contribution < -0.4 is 4.90 Å². The second-order valence-electron chi connectivity index (χ2n) is 6.26. The smallest absolute Gasteiger partial charge is 0.237 e. The van der Waals surface area contributed by atoms with Gasteiger partial charge < -0.3 is 9.32 Å². The van der Waals surface area contributed by atoms with E-state index < -0.39 is 0 Å². The van der Waals surface area contributed by atoms with Gasteiger partial charge in [0.25, 0.3) is 0 Å². The molecule has 0 aliphatic carbocycles. The van der Waals surface area contributed by atoms with Crippen molar-refractivity contribution in [2.75, 3.05) is 10.7 Å². The van der Waals surface area contributed by atoms with E-state index in [0.717, 1.165) is 17.3 Å². The van der Waals surface area contributed by atoms with Crippen LogP contribution in [0.4, 0.5) is 5.69 Å². The van der Waals surface area contributed by atoms with Crippen molar-refractivity contribution in [3.05, 3.63) is 48.2 Å². The van der Waals surface area contributed by atoms with Gasteiger partial charge in [0.1, 0.15) is 0 Å². The Kier molecular flexibility index (Phi) is 4.55. The first-order valence-corrected chi connectivity index (χ1v) is 9.67. The van der Waals surface area contributed by atoms with Crippen LogP contribution in [0.2, 0.25) is 0 Å². The Morgan fingerprint density at radius 1 is 1.27 bits per heavy atom. The first kappa shape index (κ1) is 16.9. The number of thioether (sulfide) groups is 1. The zero-order valence-electron chi connectivity index (χ0n) is 14.8. The van der Waals surface area contributed by atoms with Gasteiger partial charge in [-0.2, -0.15) is 0 Å². The van der Waals surface area contributed by atoms with Gasteiger partial charge in [0.2, 0.25) is 5.91 Å². The van der Waals surface area contributed by atoms with E-state index >= 15 is 0 Å². The summed E-state index contributed by atoms with van der Waals surface area (Å²) in [5.74, 6) is 1.79. The van der Waals surface area contributed by atoms with Gasteiger partial charge in [-0.1, -0.05) is 30.0 Å². The number of benzene rings is 1. The Bertz CT molecular complexity index is 920. The highest BCUT2D eigenvalue weighted by Gasteiger charge is 2.30. The summed E-state index contributed by atoms with van der Waals surface area (Å²) in [7, 11) is 0. The number of hydrogen-bond donors (Lipinski definition) is 0. The van der Waals surface area contributed by atoms with Crippen molar-refractivity contribution < 1.29 is 9.21 Å². The van der Waals surface area contributed by atoms with Crippen LogP contribution in [0.5, 0.6) is 0 Å². The lowest BCUT2D eigenvalue weighted by Gasteiger charge is -2.22. The molecule has 3 aromatic rings. The maximum absolute atomic E-state index is 12.9. The number of amides is 1. The first-order valence-electron chi connectivity index (χ1n) is 8.69. The molecule has 0 N–H and O–H groups in total. The fourth-order valence-electron chi connectivity index (χ4n) is 3.41. The van der Waals surface area contributed by atoms with Gasteiger partial charge in [0.05, 0.1) is 12.0 Å². The van der Waals surface area contributed by atoms with Gasteiger partial charge >= 0.3 is 0 Å². The monoisotopic (exact) mass is 368 g/mol. The molecule has 26 heavy (non-hydrogen) atoms. The van der Waals surface area contributed by atoms with Crippen LogP contribution in [0, 0.1) is 0 Å². The summed E-state index contributed by atoms with van der Waals surface area (Å²) < 4.78 is 7.40. The van der Waals surface area contributed by atoms with Gasteiger partial charge in [-0.25, -0.2) is 0 Å². The molecule has 0 saturated heterocycles. The molecule has 6 nitrogen and oxygen atoms in total. The largest absolute Gasteiger partial charge is 0.461 e. The van der Waals surface area contributed by atoms with E-state index in [0.29, 0.717) is 23.9 Å². The molecule has 0 saturated carbocycles. The molecule has 0 spiro atoms. The molecule has 0 unspecified atom stereocenters. The molecule has 3 heterocycles. The van der Waals surface area contributed by atoms with E-state index in [1.54, 1.807) is 6.26 Å². The average Bonchev–Trinajstić information content (AvgIpc) is 3.36. The third-order valence-corrected chi connectivity index (χ3v) is 5.53. The fourth-order valence-corrected chi connectivity index (χ4v) is 4.27. The van der Waals surface area contributed by atoms with Crippen molar-refractivity contribution in [3.63, 3.8) is 0 Å². The van der Waals surface area contributed by atoms with E-state index in [9.17, 15) is 4.79 Å². The highest BCUT2D eigenvalue weighted by molar-refractivity contribution is 7.99. The summed E-state index contributed by atoms with van der Waals surface area (Å²) in [4.78, 5) is 14.8. The Labute approximate surface area is 156 Å². The van der Waals surface area contributed by atoms with E-state index in [1.165, 1.54) is 17.3 Å². The van der Waals surface area contributed by atoms with Gasteiger partial charge in [0.15, 0.2) is 16.7 Å². The van der Waals surface area contributed by atoms with Gasteiger partial charge in [0, 0.05) is 18.3 Å². The van der Waals surface area contributed by atoms with Gasteiger partial charge in [-0.15, -0.1) is 10.2 Å². The van der Waals surface area contributed by atoms with Gasteiger partial charge in [-0.05, 0) is 44.0 Å². The third kappa shape index (κ3) is 2.92. The Morgan fingerprint density at radius 2 is 2.12 bits per heavy atom. The number of carbonyl (C=O) groups excluding carboxylic acids is 1. The molecule has 2 aromatic heterocycles. The minimum atomic E-state index is 0.0950. The molecule has 1 atom stereocenters. The quantitative estimate of drug-likeness (QED) is 0.644. The number of rotatable bonds is 5. The lowest BCUT2D eigenvalue weighted by atomic mass is 10.1. The lowest BCUT2D eigenvalue weighted by Crippen LogP contribution is -2.37. The van der Waals surface area contributed by atoms with E-state index in [2.05, 4.69) is 23.2 Å². The lowest BCUT2D eigenvalue weighted by molar-refractivity contribution is -0.116. The normalized spacial score (nSPS) is 16.1. The number of hydrogen-bond acceptors (Lipinski definition) is 5. The minimum absolute atomic E-state index is 0.0950. The van der Waals surface area contributed by atoms with Crippen LogP contribution in [0.15, 0.2) is 52.2 Å². The number of carbonyl (C=O) groups is 1. The van der Waals surface area contributed by atoms with Crippen molar-refractivity contribution in [2.24, 2.45) is 0 Å².